The number of rotatable bonds is 0. The molecule has 0 radical (unpaired) electrons. The van der Waals surface area contributed by atoms with E-state index in [1.54, 1.807) is 205 Å². The van der Waals surface area contributed by atoms with Crippen LogP contribution in [-0.4, -0.2) is 0 Å². The summed E-state index contributed by atoms with van der Waals surface area (Å²) in [4.78, 5) is 0. The predicted molar refractivity (Wildman–Crippen MR) is 352 cm³/mol. The maximum Gasteiger partial charge on any atom is -0.0266 e. The van der Waals surface area contributed by atoms with E-state index in [-0.39, 0.29) is 0 Å². The van der Waals surface area contributed by atoms with Crippen LogP contribution in [0.15, 0.2) is 0 Å². The van der Waals surface area contributed by atoms with E-state index in [1.165, 1.54) is 311 Å². The molecule has 20 bridgehead atoms. The number of fused-ring (bicyclic) bond motifs is 3. The lowest BCUT2D eigenvalue weighted by Crippen LogP contribution is -3.00. The third kappa shape index (κ3) is 9.72. The normalized spacial score (nSPS) is 59.6. The second-order valence-corrected chi connectivity index (χ2v) is 39.8. The highest BCUT2D eigenvalue weighted by Gasteiger charge is 2.97. The second kappa shape index (κ2) is 23.2. The van der Waals surface area contributed by atoms with Gasteiger partial charge in [-0.2, -0.15) is 0 Å². The average molecular weight is 1160 g/mol. The van der Waals surface area contributed by atoms with Crippen LogP contribution in [0.1, 0.15) is 321 Å². The lowest BCUT2D eigenvalue weighted by molar-refractivity contribution is -0.565. The minimum atomic E-state index is 0.906. The summed E-state index contributed by atoms with van der Waals surface area (Å²) < 4.78 is 0. The second-order valence-electron chi connectivity index (χ2n) is 39.8. The Morgan fingerprint density at radius 2 is 0.494 bits per heavy atom. The van der Waals surface area contributed by atoms with Gasteiger partial charge < -0.3 is 0 Å². The molecule has 474 valence electrons. The minimum absolute atomic E-state index is 0.906. The minimum Gasteiger partial charge on any atom is -0.0533 e. The third-order valence-corrected chi connectivity index (χ3v) is 36.6. The molecule has 0 heteroatoms. The van der Waals surface area contributed by atoms with Crippen molar-refractivity contribution in [1.82, 2.24) is 0 Å². The Hall–Kier alpha value is 0. The van der Waals surface area contributed by atoms with E-state index in [9.17, 15) is 0 Å². The van der Waals surface area contributed by atoms with Crippen molar-refractivity contribution in [1.29, 1.82) is 0 Å². The molecule has 85 heavy (non-hydrogen) atoms. The fraction of sp³-hybridized carbons (Fsp3) is 1.00. The fourth-order valence-electron chi connectivity index (χ4n) is 34.1. The quantitative estimate of drug-likeness (QED) is 0.212. The third-order valence-electron chi connectivity index (χ3n) is 36.6. The standard InChI is InChI=1S/C11H14.2C11H18.C10H16.C9H14.C8H8.C7H10.C7H14.C6H12.C5H10/c1-4-5-2-9-8(1)10-6(4)3-7(5)11(9)10;1-3-9-7-10-4-2-6-11(10,5-1)8-9;1-2-4-10-9-5-6-11(10)8(3-1)7-9;1-7-2-9-4-8(1)5-10(3-7)6-9;1-6-2-8-4-7(1)5-9(8)3-6;1-2-5-3(1)7-4(1)6(2)8(5)7;1-4-2-6-5(1)7(6)3-4;1-2-4-6-7-5-3-1;1-2-4-6-5-3-1;1-2-4-5-3-1/h4-11H,1-3H2;9-10H,1-8H2;8-11H,1-7H2;7-10H,1-6H2;6-9H,1-5H2;1-8H;4-7H,1-3H2;1-7H2;1-6H2;1-5H2. The fourth-order valence-corrected chi connectivity index (χ4v) is 34.1. The SMILES string of the molecule is C12C3C4C1C1C2C3C41.C1C2C3CC4C5CC3C1C5C24.C1C2CC3C1C3C2.C1C2CC3CC1CC(C2)C3.C1C2CC3CC1CC3C2.C1CC2CC3CCCC3(C1)C2.C1CCC2C3CCC2C(C1)C3.C1CCCC1.C1CCCCC1.C1CCCCCC1. The molecule has 0 nitrogen and oxygen atoms in total. The summed E-state index contributed by atoms with van der Waals surface area (Å²) in [5, 5.41) is 0. The smallest absolute Gasteiger partial charge is 0.0266 e. The molecule has 32 saturated carbocycles. The van der Waals surface area contributed by atoms with Crippen molar-refractivity contribution in [2.24, 2.45) is 207 Å². The molecule has 0 aliphatic heterocycles. The van der Waals surface area contributed by atoms with Crippen LogP contribution in [0, 0.1) is 207 Å². The van der Waals surface area contributed by atoms with Crippen LogP contribution in [-0.2, 0) is 0 Å². The number of hydrogen-bond donors (Lipinski definition) is 0. The van der Waals surface area contributed by atoms with Crippen molar-refractivity contribution in [3.8, 4) is 0 Å². The average Bonchev–Trinajstić information content (AvgIpc) is 0.762. The van der Waals surface area contributed by atoms with Gasteiger partial charge in [0.1, 0.15) is 0 Å². The zero-order valence-electron chi connectivity index (χ0n) is 55.5. The van der Waals surface area contributed by atoms with Gasteiger partial charge in [0, 0.05) is 0 Å². The molecule has 32 fully saturated rings. The Morgan fingerprint density at radius 3 is 0.894 bits per heavy atom. The van der Waals surface area contributed by atoms with Gasteiger partial charge in [-0.05, 0) is 374 Å². The van der Waals surface area contributed by atoms with Crippen molar-refractivity contribution in [2.45, 2.75) is 321 Å². The highest BCUT2D eigenvalue weighted by atomic mass is 15.0. The van der Waals surface area contributed by atoms with Gasteiger partial charge in [-0.1, -0.05) is 154 Å². The van der Waals surface area contributed by atoms with Gasteiger partial charge in [0.2, 0.25) is 0 Å². The lowest BCUT2D eigenvalue weighted by Gasteiger charge is -3.03. The van der Waals surface area contributed by atoms with Crippen LogP contribution >= 0.6 is 0 Å². The van der Waals surface area contributed by atoms with Crippen LogP contribution in [0.3, 0.4) is 0 Å². The van der Waals surface area contributed by atoms with E-state index < -0.39 is 0 Å². The topological polar surface area (TPSA) is 0 Å². The van der Waals surface area contributed by atoms with Crippen LogP contribution in [0.2, 0.25) is 0 Å². The molecular formula is C85H134. The van der Waals surface area contributed by atoms with Gasteiger partial charge >= 0.3 is 0 Å². The number of hydrogen-bond acceptors (Lipinski definition) is 0. The zero-order valence-corrected chi connectivity index (χ0v) is 55.5. The molecule has 0 saturated heterocycles. The monoisotopic (exact) mass is 1160 g/mol. The molecule has 1 spiro atoms. The van der Waals surface area contributed by atoms with E-state index in [2.05, 4.69) is 0 Å². The molecule has 15 atom stereocenters. The summed E-state index contributed by atoms with van der Waals surface area (Å²) in [6.07, 6.45) is 78.3. The molecule has 15 unspecified atom stereocenters. The maximum absolute atomic E-state index is 1.68. The Bertz CT molecular complexity index is 1970. The van der Waals surface area contributed by atoms with Gasteiger partial charge in [0.05, 0.1) is 0 Å². The lowest BCUT2D eigenvalue weighted by atomic mass is 9.01. The predicted octanol–water partition coefficient (Wildman–Crippen LogP) is 23.7. The van der Waals surface area contributed by atoms with E-state index in [1.807, 2.05) is 0 Å². The molecular weight excluding hydrogens is 1020 g/mol. The van der Waals surface area contributed by atoms with Gasteiger partial charge in [-0.25, -0.2) is 0 Å². The summed E-state index contributed by atoms with van der Waals surface area (Å²) in [6.45, 7) is 0. The molecule has 32 aliphatic carbocycles. The summed E-state index contributed by atoms with van der Waals surface area (Å²) in [5.41, 5.74) is 0.906. The van der Waals surface area contributed by atoms with Crippen LogP contribution < -0.4 is 0 Å². The first kappa shape index (κ1) is 56.5. The van der Waals surface area contributed by atoms with Crippen molar-refractivity contribution in [3.63, 3.8) is 0 Å². The van der Waals surface area contributed by atoms with Crippen LogP contribution in [0.25, 0.3) is 0 Å². The van der Waals surface area contributed by atoms with E-state index >= 15 is 0 Å². The summed E-state index contributed by atoms with van der Waals surface area (Å²) in [7, 11) is 0. The Labute approximate surface area is 524 Å². The van der Waals surface area contributed by atoms with Crippen LogP contribution in [0.5, 0.6) is 0 Å². The Kier molecular flexibility index (Phi) is 15.4. The van der Waals surface area contributed by atoms with Gasteiger partial charge in [-0.3, -0.25) is 0 Å². The molecule has 0 aromatic carbocycles. The summed E-state index contributed by atoms with van der Waals surface area (Å²) >= 11 is 0. The molecule has 0 aromatic rings. The van der Waals surface area contributed by atoms with E-state index in [4.69, 9.17) is 0 Å². The first-order chi connectivity index (χ1) is 42.1. The van der Waals surface area contributed by atoms with E-state index in [0.29, 0.717) is 0 Å². The van der Waals surface area contributed by atoms with E-state index in [0.717, 1.165) is 11.3 Å². The zero-order chi connectivity index (χ0) is 55.5. The van der Waals surface area contributed by atoms with Gasteiger partial charge in [-0.15, -0.1) is 0 Å². The van der Waals surface area contributed by atoms with Crippen molar-refractivity contribution >= 4 is 0 Å². The molecule has 32 aliphatic rings. The molecule has 0 amide bonds. The largest absolute Gasteiger partial charge is 0.0533 e. The van der Waals surface area contributed by atoms with Gasteiger partial charge in [0.25, 0.3) is 0 Å². The van der Waals surface area contributed by atoms with Crippen LogP contribution in [0.4, 0.5) is 0 Å². The van der Waals surface area contributed by atoms with Crippen molar-refractivity contribution < 1.29 is 0 Å². The van der Waals surface area contributed by atoms with Gasteiger partial charge in [0.15, 0.2) is 0 Å². The first-order valence-corrected chi connectivity index (χ1v) is 42.1. The Morgan fingerprint density at radius 1 is 0.165 bits per heavy atom. The molecule has 0 heterocycles. The maximum atomic E-state index is 1.68. The van der Waals surface area contributed by atoms with Crippen molar-refractivity contribution in [2.75, 3.05) is 0 Å². The summed E-state index contributed by atoms with van der Waals surface area (Å²) in [6, 6.07) is 0. The summed E-state index contributed by atoms with van der Waals surface area (Å²) in [5.74, 6) is 42.4. The highest BCUT2D eigenvalue weighted by Crippen LogP contribution is 3.01. The molecule has 32 rings (SSSR count). The first-order valence-electron chi connectivity index (χ1n) is 42.1. The van der Waals surface area contributed by atoms with Crippen molar-refractivity contribution in [3.05, 3.63) is 0 Å². The molecule has 0 N–H and O–H groups in total. The molecule has 0 aromatic heterocycles. The highest BCUT2D eigenvalue weighted by molar-refractivity contribution is 5.44. The Balaban J connectivity index is 0.0000000699.